The number of amides is 4. The molecule has 2 fully saturated rings. The van der Waals surface area contributed by atoms with Crippen LogP contribution in [-0.4, -0.2) is 76.7 Å². The van der Waals surface area contributed by atoms with Crippen molar-refractivity contribution in [3.8, 4) is 0 Å². The largest absolute Gasteiger partial charge is 0.375 e. The topological polar surface area (TPSA) is 111 Å². The lowest BCUT2D eigenvalue weighted by molar-refractivity contribution is -0.191. The Kier molecular flexibility index (Phi) is 9.15. The van der Waals surface area contributed by atoms with Gasteiger partial charge in [-0.25, -0.2) is 9.80 Å². The maximum atomic E-state index is 13.9. The SMILES string of the molecule is NCN1CC(=O)N2[C@@H](c3ccccc3)C(=O)N(CCOCc3ccc(Cl)cc3)C[C@@H]2N1C(=O)NCc1ccccc1. The fraction of sp³-hybridized carbons (Fsp3) is 0.300. The van der Waals surface area contributed by atoms with E-state index < -0.39 is 18.2 Å². The number of hydrogen-bond acceptors (Lipinski definition) is 6. The van der Waals surface area contributed by atoms with Crippen LogP contribution in [0.15, 0.2) is 84.9 Å². The summed E-state index contributed by atoms with van der Waals surface area (Å²) < 4.78 is 5.87. The molecule has 2 aliphatic rings. The van der Waals surface area contributed by atoms with Gasteiger partial charge in [-0.2, -0.15) is 5.01 Å². The Morgan fingerprint density at radius 3 is 2.32 bits per heavy atom. The Morgan fingerprint density at radius 2 is 1.63 bits per heavy atom. The number of hydrazine groups is 1. The third-order valence-corrected chi connectivity index (χ3v) is 7.48. The van der Waals surface area contributed by atoms with Crippen molar-refractivity contribution < 1.29 is 19.1 Å². The fourth-order valence-electron chi connectivity index (χ4n) is 5.20. The number of rotatable bonds is 9. The van der Waals surface area contributed by atoms with Crippen LogP contribution in [0.25, 0.3) is 0 Å². The van der Waals surface area contributed by atoms with Gasteiger partial charge < -0.3 is 25.6 Å². The molecule has 2 heterocycles. The van der Waals surface area contributed by atoms with Crippen LogP contribution < -0.4 is 11.1 Å². The third-order valence-electron chi connectivity index (χ3n) is 7.23. The van der Waals surface area contributed by atoms with Crippen LogP contribution in [0.4, 0.5) is 4.79 Å². The number of nitrogens with one attached hydrogen (secondary N) is 1. The highest BCUT2D eigenvalue weighted by atomic mass is 35.5. The molecule has 0 aromatic heterocycles. The Balaban J connectivity index is 1.37. The highest BCUT2D eigenvalue weighted by molar-refractivity contribution is 6.30. The number of carbonyl (C=O) groups is 3. The van der Waals surface area contributed by atoms with Crippen molar-refractivity contribution in [1.82, 2.24) is 25.1 Å². The van der Waals surface area contributed by atoms with Crippen molar-refractivity contribution >= 4 is 29.4 Å². The van der Waals surface area contributed by atoms with E-state index in [0.29, 0.717) is 23.7 Å². The number of benzene rings is 3. The number of nitrogens with two attached hydrogens (primary N) is 1. The second-order valence-corrected chi connectivity index (χ2v) is 10.3. The Labute approximate surface area is 244 Å². The maximum Gasteiger partial charge on any atom is 0.334 e. The zero-order chi connectivity index (χ0) is 28.8. The summed E-state index contributed by atoms with van der Waals surface area (Å²) in [6.45, 7) is 1.19. The van der Waals surface area contributed by atoms with Crippen molar-refractivity contribution in [1.29, 1.82) is 0 Å². The molecule has 3 aromatic carbocycles. The average Bonchev–Trinajstić information content (AvgIpc) is 3.00. The number of urea groups is 1. The Hall–Kier alpha value is -3.96. The number of nitrogens with zero attached hydrogens (tertiary/aromatic N) is 4. The third kappa shape index (κ3) is 6.52. The first kappa shape index (κ1) is 28.6. The van der Waals surface area contributed by atoms with Crippen LogP contribution in [0, 0.1) is 0 Å². The number of fused-ring (bicyclic) bond motifs is 1. The lowest BCUT2D eigenvalue weighted by atomic mass is 9.99. The lowest BCUT2D eigenvalue weighted by Crippen LogP contribution is -2.75. The normalized spacial score (nSPS) is 19.3. The molecule has 0 saturated carbocycles. The molecular weight excluding hydrogens is 544 g/mol. The molecule has 4 amide bonds. The average molecular weight is 577 g/mol. The van der Waals surface area contributed by atoms with E-state index in [1.54, 1.807) is 17.0 Å². The van der Waals surface area contributed by atoms with Crippen molar-refractivity contribution in [2.75, 3.05) is 32.9 Å². The van der Waals surface area contributed by atoms with Crippen LogP contribution in [0.3, 0.4) is 0 Å². The van der Waals surface area contributed by atoms with Gasteiger partial charge in [0.05, 0.1) is 33.0 Å². The molecule has 0 bridgehead atoms. The predicted molar refractivity (Wildman–Crippen MR) is 154 cm³/mol. The summed E-state index contributed by atoms with van der Waals surface area (Å²) in [6, 6.07) is 24.8. The highest BCUT2D eigenvalue weighted by Gasteiger charge is 2.51. The quantitative estimate of drug-likeness (QED) is 0.379. The number of piperazine rings is 1. The van der Waals surface area contributed by atoms with Gasteiger partial charge in [0.15, 0.2) is 0 Å². The monoisotopic (exact) mass is 576 g/mol. The minimum absolute atomic E-state index is 0.0387. The Morgan fingerprint density at radius 1 is 0.951 bits per heavy atom. The first-order valence-electron chi connectivity index (χ1n) is 13.5. The highest BCUT2D eigenvalue weighted by Crippen LogP contribution is 2.34. The number of hydrogen-bond donors (Lipinski definition) is 2. The molecule has 2 aliphatic heterocycles. The fourth-order valence-corrected chi connectivity index (χ4v) is 5.33. The van der Waals surface area contributed by atoms with Gasteiger partial charge in [-0.15, -0.1) is 0 Å². The first-order chi connectivity index (χ1) is 20.0. The van der Waals surface area contributed by atoms with Gasteiger partial charge in [0.25, 0.3) is 0 Å². The second-order valence-electron chi connectivity index (χ2n) is 9.89. The summed E-state index contributed by atoms with van der Waals surface area (Å²) in [5, 5.41) is 6.60. The van der Waals surface area contributed by atoms with Gasteiger partial charge in [0.2, 0.25) is 11.8 Å². The molecule has 214 valence electrons. The minimum atomic E-state index is -0.886. The first-order valence-corrected chi connectivity index (χ1v) is 13.9. The van der Waals surface area contributed by atoms with E-state index in [2.05, 4.69) is 5.32 Å². The van der Waals surface area contributed by atoms with Crippen LogP contribution >= 0.6 is 11.6 Å². The molecule has 11 heteroatoms. The van der Waals surface area contributed by atoms with Gasteiger partial charge in [-0.05, 0) is 28.8 Å². The summed E-state index contributed by atoms with van der Waals surface area (Å²) in [4.78, 5) is 44.2. The van der Waals surface area contributed by atoms with E-state index in [1.807, 2.05) is 72.8 Å². The van der Waals surface area contributed by atoms with E-state index in [9.17, 15) is 14.4 Å². The summed E-state index contributed by atoms with van der Waals surface area (Å²) in [5.74, 6) is -0.491. The van der Waals surface area contributed by atoms with E-state index in [4.69, 9.17) is 22.1 Å². The predicted octanol–water partition coefficient (Wildman–Crippen LogP) is 2.95. The molecule has 3 aromatic rings. The molecule has 0 unspecified atom stereocenters. The molecule has 0 aliphatic carbocycles. The van der Waals surface area contributed by atoms with Crippen LogP contribution in [-0.2, 0) is 27.5 Å². The van der Waals surface area contributed by atoms with E-state index in [1.165, 1.54) is 14.9 Å². The standard InChI is InChI=1S/C30H33ClN6O4/c31-25-13-11-23(12-14-25)20-41-16-15-34-18-26-36(28(29(34)39)24-9-5-2-6-10-24)27(38)19-35(21-32)37(26)30(40)33-17-22-7-3-1-4-8-22/h1-14,26,28H,15-21,32H2,(H,33,40)/t26-,28-/m0/s1. The van der Waals surface area contributed by atoms with Crippen molar-refractivity contribution in [3.63, 3.8) is 0 Å². The molecule has 2 atom stereocenters. The van der Waals surface area contributed by atoms with E-state index in [0.717, 1.165) is 11.1 Å². The van der Waals surface area contributed by atoms with Crippen LogP contribution in [0.1, 0.15) is 22.7 Å². The smallest absolute Gasteiger partial charge is 0.334 e. The van der Waals surface area contributed by atoms with Crippen molar-refractivity contribution in [2.45, 2.75) is 25.4 Å². The molecular formula is C30H33ClN6O4. The van der Waals surface area contributed by atoms with Crippen molar-refractivity contribution in [2.24, 2.45) is 5.73 Å². The lowest BCUT2D eigenvalue weighted by Gasteiger charge is -2.54. The van der Waals surface area contributed by atoms with Gasteiger partial charge >= 0.3 is 6.03 Å². The summed E-state index contributed by atoms with van der Waals surface area (Å²) >= 11 is 5.97. The molecule has 5 rings (SSSR count). The Bertz CT molecular complexity index is 1340. The maximum absolute atomic E-state index is 13.9. The number of carbonyl (C=O) groups excluding carboxylic acids is 3. The summed E-state index contributed by atoms with van der Waals surface area (Å²) in [5.41, 5.74) is 8.59. The minimum Gasteiger partial charge on any atom is -0.375 e. The second kappa shape index (κ2) is 13.1. The molecule has 0 radical (unpaired) electrons. The molecule has 3 N–H and O–H groups in total. The molecule has 0 spiro atoms. The van der Waals surface area contributed by atoms with Crippen LogP contribution in [0.5, 0.6) is 0 Å². The summed E-state index contributed by atoms with van der Waals surface area (Å²) in [7, 11) is 0. The van der Waals surface area contributed by atoms with E-state index in [-0.39, 0.29) is 44.7 Å². The van der Waals surface area contributed by atoms with Crippen LogP contribution in [0.2, 0.25) is 5.02 Å². The summed E-state index contributed by atoms with van der Waals surface area (Å²) in [6.07, 6.45) is -0.755. The van der Waals surface area contributed by atoms with Crippen molar-refractivity contribution in [3.05, 3.63) is 107 Å². The van der Waals surface area contributed by atoms with Gasteiger partial charge in [0.1, 0.15) is 12.2 Å². The number of halogens is 1. The molecule has 41 heavy (non-hydrogen) atoms. The van der Waals surface area contributed by atoms with E-state index >= 15 is 0 Å². The van der Waals surface area contributed by atoms with Gasteiger partial charge in [-0.1, -0.05) is 84.4 Å². The number of ether oxygens (including phenoxy) is 1. The zero-order valence-corrected chi connectivity index (χ0v) is 23.3. The zero-order valence-electron chi connectivity index (χ0n) is 22.6. The molecule has 2 saturated heterocycles. The van der Waals surface area contributed by atoms with Gasteiger partial charge in [0, 0.05) is 18.1 Å². The van der Waals surface area contributed by atoms with Gasteiger partial charge in [-0.3, -0.25) is 9.59 Å². The molecule has 10 nitrogen and oxygen atoms in total.